The molecule has 1 fully saturated rings. The Balaban J connectivity index is 1.62. The van der Waals surface area contributed by atoms with E-state index in [1.165, 1.54) is 5.56 Å². The third-order valence-electron chi connectivity index (χ3n) is 4.43. The van der Waals surface area contributed by atoms with Gasteiger partial charge in [0.15, 0.2) is 0 Å². The molecule has 1 atom stereocenters. The van der Waals surface area contributed by atoms with Crippen LogP contribution in [0, 0.1) is 0 Å². The van der Waals surface area contributed by atoms with Gasteiger partial charge in [0, 0.05) is 18.8 Å². The first-order valence-electron chi connectivity index (χ1n) is 9.07. The minimum atomic E-state index is -0.225. The lowest BCUT2D eigenvalue weighted by atomic mass is 10.1. The zero-order chi connectivity index (χ0) is 19.1. The summed E-state index contributed by atoms with van der Waals surface area (Å²) in [6, 6.07) is 17.2. The molecule has 0 aliphatic carbocycles. The molecule has 6 heteroatoms. The molecule has 0 bridgehead atoms. The Morgan fingerprint density at radius 2 is 1.74 bits per heavy atom. The largest absolute Gasteiger partial charge is 0.378 e. The van der Waals surface area contributed by atoms with Crippen molar-refractivity contribution < 1.29 is 14.3 Å². The van der Waals surface area contributed by atoms with E-state index in [1.807, 2.05) is 49.4 Å². The fourth-order valence-corrected chi connectivity index (χ4v) is 3.67. The summed E-state index contributed by atoms with van der Waals surface area (Å²) in [6.07, 6.45) is 0. The molecular weight excluding hydrogens is 360 g/mol. The van der Waals surface area contributed by atoms with Crippen molar-refractivity contribution in [3.05, 3.63) is 65.7 Å². The van der Waals surface area contributed by atoms with Crippen molar-refractivity contribution in [2.24, 2.45) is 0 Å². The van der Waals surface area contributed by atoms with Gasteiger partial charge in [-0.15, -0.1) is 11.8 Å². The number of hydrogen-bond donors (Lipinski definition) is 1. The number of morpholine rings is 1. The number of benzene rings is 2. The topological polar surface area (TPSA) is 58.6 Å². The van der Waals surface area contributed by atoms with Crippen molar-refractivity contribution in [1.82, 2.24) is 4.90 Å². The van der Waals surface area contributed by atoms with Gasteiger partial charge in [-0.05, 0) is 24.6 Å². The van der Waals surface area contributed by atoms with Crippen LogP contribution in [0.2, 0.25) is 0 Å². The van der Waals surface area contributed by atoms with E-state index in [9.17, 15) is 9.59 Å². The number of carbonyl (C=O) groups is 2. The number of thioether (sulfide) groups is 1. The molecule has 5 nitrogen and oxygen atoms in total. The number of amides is 2. The number of carbonyl (C=O) groups excluding carboxylic acids is 2. The maximum atomic E-state index is 12.8. The first-order chi connectivity index (χ1) is 13.1. The minimum Gasteiger partial charge on any atom is -0.378 e. The number of anilines is 1. The molecule has 27 heavy (non-hydrogen) atoms. The summed E-state index contributed by atoms with van der Waals surface area (Å²) in [6.45, 7) is 4.13. The van der Waals surface area contributed by atoms with Gasteiger partial charge >= 0.3 is 0 Å². The average molecular weight is 385 g/mol. The minimum absolute atomic E-state index is 0.0706. The van der Waals surface area contributed by atoms with Crippen molar-refractivity contribution in [1.29, 1.82) is 0 Å². The number of rotatable bonds is 6. The molecule has 1 heterocycles. The van der Waals surface area contributed by atoms with Gasteiger partial charge in [0.05, 0.1) is 29.7 Å². The van der Waals surface area contributed by atoms with Crippen LogP contribution in [-0.4, -0.2) is 48.3 Å². The van der Waals surface area contributed by atoms with E-state index < -0.39 is 0 Å². The molecule has 0 aromatic heterocycles. The zero-order valence-corrected chi connectivity index (χ0v) is 16.2. The summed E-state index contributed by atoms with van der Waals surface area (Å²) in [5.41, 5.74) is 2.27. The first-order valence-corrected chi connectivity index (χ1v) is 10.1. The standard InChI is InChI=1S/C21H24N2O3S/c1-16(27-15-17-7-3-2-4-8-17)20(24)22-19-10-6-5-9-18(19)21(25)23-11-13-26-14-12-23/h2-10,16H,11-15H2,1H3,(H,22,24)/t16-/m0/s1. The second kappa shape index (κ2) is 9.58. The van der Waals surface area contributed by atoms with Crippen LogP contribution in [0.5, 0.6) is 0 Å². The van der Waals surface area contributed by atoms with E-state index >= 15 is 0 Å². The van der Waals surface area contributed by atoms with Gasteiger partial charge in [0.2, 0.25) is 5.91 Å². The highest BCUT2D eigenvalue weighted by Gasteiger charge is 2.22. The summed E-state index contributed by atoms with van der Waals surface area (Å²) in [5.74, 6) is 0.598. The summed E-state index contributed by atoms with van der Waals surface area (Å²) in [4.78, 5) is 27.2. The molecule has 2 aromatic rings. The monoisotopic (exact) mass is 384 g/mol. The van der Waals surface area contributed by atoms with Gasteiger partial charge in [-0.25, -0.2) is 0 Å². The van der Waals surface area contributed by atoms with Crippen molar-refractivity contribution >= 4 is 29.3 Å². The quantitative estimate of drug-likeness (QED) is 0.829. The zero-order valence-electron chi connectivity index (χ0n) is 15.4. The summed E-state index contributed by atoms with van der Waals surface area (Å²) < 4.78 is 5.31. The summed E-state index contributed by atoms with van der Waals surface area (Å²) in [5, 5.41) is 2.70. The van der Waals surface area contributed by atoms with Crippen LogP contribution in [0.3, 0.4) is 0 Å². The number of para-hydroxylation sites is 1. The normalized spacial score (nSPS) is 15.2. The second-order valence-corrected chi connectivity index (χ2v) is 7.71. The van der Waals surface area contributed by atoms with Gasteiger partial charge in [0.1, 0.15) is 0 Å². The molecular formula is C21H24N2O3S. The predicted octanol–water partition coefficient (Wildman–Crippen LogP) is 3.42. The number of nitrogens with zero attached hydrogens (tertiary/aromatic N) is 1. The van der Waals surface area contributed by atoms with Crippen LogP contribution in [0.4, 0.5) is 5.69 Å². The summed E-state index contributed by atoms with van der Waals surface area (Å²) >= 11 is 1.58. The Morgan fingerprint density at radius 1 is 1.07 bits per heavy atom. The Bertz CT molecular complexity index is 776. The van der Waals surface area contributed by atoms with Crippen LogP contribution < -0.4 is 5.32 Å². The molecule has 1 aliphatic heterocycles. The molecule has 0 unspecified atom stereocenters. The lowest BCUT2D eigenvalue weighted by Gasteiger charge is -2.27. The van der Waals surface area contributed by atoms with Crippen LogP contribution in [0.1, 0.15) is 22.8 Å². The van der Waals surface area contributed by atoms with E-state index in [4.69, 9.17) is 4.74 Å². The number of hydrogen-bond acceptors (Lipinski definition) is 4. The van der Waals surface area contributed by atoms with Gasteiger partial charge < -0.3 is 15.0 Å². The summed E-state index contributed by atoms with van der Waals surface area (Å²) in [7, 11) is 0. The van der Waals surface area contributed by atoms with E-state index in [0.717, 1.165) is 5.75 Å². The molecule has 142 valence electrons. The van der Waals surface area contributed by atoms with E-state index in [0.29, 0.717) is 37.6 Å². The lowest BCUT2D eigenvalue weighted by Crippen LogP contribution is -2.41. The third kappa shape index (κ3) is 5.34. The van der Waals surface area contributed by atoms with Crippen molar-refractivity contribution in [3.63, 3.8) is 0 Å². The smallest absolute Gasteiger partial charge is 0.256 e. The molecule has 1 saturated heterocycles. The molecule has 0 radical (unpaired) electrons. The van der Waals surface area contributed by atoms with Crippen molar-refractivity contribution in [2.45, 2.75) is 17.9 Å². The Hall–Kier alpha value is -2.31. The molecule has 1 N–H and O–H groups in total. The average Bonchev–Trinajstić information content (AvgIpc) is 2.73. The lowest BCUT2D eigenvalue weighted by molar-refractivity contribution is -0.115. The van der Waals surface area contributed by atoms with Crippen molar-refractivity contribution in [3.8, 4) is 0 Å². The fraction of sp³-hybridized carbons (Fsp3) is 0.333. The van der Waals surface area contributed by atoms with Gasteiger partial charge in [0.25, 0.3) is 5.91 Å². The van der Waals surface area contributed by atoms with Crippen LogP contribution >= 0.6 is 11.8 Å². The van der Waals surface area contributed by atoms with Gasteiger partial charge in [-0.1, -0.05) is 42.5 Å². The number of nitrogens with one attached hydrogen (secondary N) is 1. The van der Waals surface area contributed by atoms with Gasteiger partial charge in [-0.2, -0.15) is 0 Å². The predicted molar refractivity (Wildman–Crippen MR) is 109 cm³/mol. The fourth-order valence-electron chi connectivity index (χ4n) is 2.82. The van der Waals surface area contributed by atoms with Crippen LogP contribution in [-0.2, 0) is 15.3 Å². The van der Waals surface area contributed by atoms with Crippen LogP contribution in [0.15, 0.2) is 54.6 Å². The van der Waals surface area contributed by atoms with E-state index in [-0.39, 0.29) is 17.1 Å². The first kappa shape index (κ1) is 19.5. The van der Waals surface area contributed by atoms with E-state index in [1.54, 1.807) is 28.8 Å². The third-order valence-corrected chi connectivity index (χ3v) is 5.64. The van der Waals surface area contributed by atoms with Gasteiger partial charge in [-0.3, -0.25) is 9.59 Å². The Morgan fingerprint density at radius 3 is 2.48 bits per heavy atom. The highest BCUT2D eigenvalue weighted by Crippen LogP contribution is 2.22. The van der Waals surface area contributed by atoms with E-state index in [2.05, 4.69) is 5.32 Å². The van der Waals surface area contributed by atoms with Crippen LogP contribution in [0.25, 0.3) is 0 Å². The maximum Gasteiger partial charge on any atom is 0.256 e. The SMILES string of the molecule is C[C@H](SCc1ccccc1)C(=O)Nc1ccccc1C(=O)N1CCOCC1. The highest BCUT2D eigenvalue weighted by molar-refractivity contribution is 7.99. The molecule has 2 amide bonds. The molecule has 0 spiro atoms. The molecule has 0 saturated carbocycles. The highest BCUT2D eigenvalue weighted by atomic mass is 32.2. The molecule has 2 aromatic carbocycles. The Labute approximate surface area is 164 Å². The molecule has 3 rings (SSSR count). The Kier molecular flexibility index (Phi) is 6.90. The second-order valence-electron chi connectivity index (χ2n) is 6.38. The number of ether oxygens (including phenoxy) is 1. The van der Waals surface area contributed by atoms with Crippen molar-refractivity contribution in [2.75, 3.05) is 31.6 Å². The molecule has 1 aliphatic rings. The maximum absolute atomic E-state index is 12.8.